The van der Waals surface area contributed by atoms with E-state index >= 15 is 0 Å². The van der Waals surface area contributed by atoms with Gasteiger partial charge in [-0.05, 0) is 17.7 Å². The molecular weight excluding hydrogens is 266 g/mol. The minimum Gasteiger partial charge on any atom is -0.364 e. The molecule has 2 amide bonds. The SMILES string of the molecule is O=C(NCc1cccc(N2CC=CC2)c1)Nc1cn[nH]c1. The summed E-state index contributed by atoms with van der Waals surface area (Å²) >= 11 is 0. The number of H-pyrrole nitrogens is 1. The third kappa shape index (κ3) is 3.42. The van der Waals surface area contributed by atoms with E-state index in [0.717, 1.165) is 18.7 Å². The van der Waals surface area contributed by atoms with Gasteiger partial charge in [0, 0.05) is 31.5 Å². The molecule has 6 nitrogen and oxygen atoms in total. The first-order valence-electron chi connectivity index (χ1n) is 6.84. The van der Waals surface area contributed by atoms with Crippen LogP contribution in [0.1, 0.15) is 5.56 Å². The number of nitrogens with one attached hydrogen (secondary N) is 3. The average Bonchev–Trinajstić information content (AvgIpc) is 3.19. The quantitative estimate of drug-likeness (QED) is 0.752. The number of carbonyl (C=O) groups excluding carboxylic acids is 1. The number of aromatic amines is 1. The van der Waals surface area contributed by atoms with Crippen LogP contribution in [-0.4, -0.2) is 29.3 Å². The largest absolute Gasteiger partial charge is 0.364 e. The zero-order valence-corrected chi connectivity index (χ0v) is 11.5. The van der Waals surface area contributed by atoms with E-state index in [9.17, 15) is 4.79 Å². The van der Waals surface area contributed by atoms with E-state index in [1.807, 2.05) is 12.1 Å². The highest BCUT2D eigenvalue weighted by Gasteiger charge is 2.08. The molecule has 1 aromatic carbocycles. The molecule has 0 saturated carbocycles. The predicted molar refractivity (Wildman–Crippen MR) is 82.2 cm³/mol. The van der Waals surface area contributed by atoms with Crippen molar-refractivity contribution in [2.45, 2.75) is 6.54 Å². The van der Waals surface area contributed by atoms with E-state index in [-0.39, 0.29) is 6.03 Å². The summed E-state index contributed by atoms with van der Waals surface area (Å²) in [5.74, 6) is 0. The van der Waals surface area contributed by atoms with Crippen molar-refractivity contribution in [3.05, 3.63) is 54.4 Å². The van der Waals surface area contributed by atoms with Crippen molar-refractivity contribution in [1.82, 2.24) is 15.5 Å². The van der Waals surface area contributed by atoms with E-state index in [4.69, 9.17) is 0 Å². The molecule has 6 heteroatoms. The second kappa shape index (κ2) is 6.13. The maximum atomic E-state index is 11.7. The highest BCUT2D eigenvalue weighted by molar-refractivity contribution is 5.88. The minimum atomic E-state index is -0.246. The minimum absolute atomic E-state index is 0.246. The molecule has 1 aliphatic heterocycles. The molecule has 3 N–H and O–H groups in total. The van der Waals surface area contributed by atoms with Crippen molar-refractivity contribution in [3.63, 3.8) is 0 Å². The highest BCUT2D eigenvalue weighted by Crippen LogP contribution is 2.18. The van der Waals surface area contributed by atoms with Crippen molar-refractivity contribution in [2.75, 3.05) is 23.3 Å². The van der Waals surface area contributed by atoms with Crippen molar-refractivity contribution in [1.29, 1.82) is 0 Å². The van der Waals surface area contributed by atoms with Gasteiger partial charge in [0.1, 0.15) is 0 Å². The Labute approximate surface area is 122 Å². The van der Waals surface area contributed by atoms with Crippen LogP contribution < -0.4 is 15.5 Å². The Hall–Kier alpha value is -2.76. The van der Waals surface area contributed by atoms with Gasteiger partial charge in [0.15, 0.2) is 0 Å². The van der Waals surface area contributed by atoms with Crippen molar-refractivity contribution in [2.24, 2.45) is 0 Å². The van der Waals surface area contributed by atoms with Gasteiger partial charge in [-0.2, -0.15) is 5.10 Å². The Morgan fingerprint density at radius 3 is 2.95 bits per heavy atom. The van der Waals surface area contributed by atoms with Crippen LogP contribution in [0.4, 0.5) is 16.2 Å². The molecule has 108 valence electrons. The lowest BCUT2D eigenvalue weighted by Gasteiger charge is -2.18. The molecule has 2 heterocycles. The summed E-state index contributed by atoms with van der Waals surface area (Å²) in [6.45, 7) is 2.37. The van der Waals surface area contributed by atoms with E-state index < -0.39 is 0 Å². The first-order valence-corrected chi connectivity index (χ1v) is 6.84. The van der Waals surface area contributed by atoms with Crippen LogP contribution in [0, 0.1) is 0 Å². The molecular formula is C15H17N5O. The van der Waals surface area contributed by atoms with Crippen LogP contribution in [0.3, 0.4) is 0 Å². The van der Waals surface area contributed by atoms with Gasteiger partial charge >= 0.3 is 6.03 Å². The second-order valence-electron chi connectivity index (χ2n) is 4.84. The van der Waals surface area contributed by atoms with Gasteiger partial charge < -0.3 is 15.5 Å². The fourth-order valence-corrected chi connectivity index (χ4v) is 2.23. The third-order valence-corrected chi connectivity index (χ3v) is 3.30. The summed E-state index contributed by atoms with van der Waals surface area (Å²) in [6.07, 6.45) is 7.49. The molecule has 2 aromatic rings. The predicted octanol–water partition coefficient (Wildman–Crippen LogP) is 2.11. The number of aromatic nitrogens is 2. The second-order valence-corrected chi connectivity index (χ2v) is 4.84. The zero-order chi connectivity index (χ0) is 14.5. The van der Waals surface area contributed by atoms with Gasteiger partial charge in [0.2, 0.25) is 0 Å². The molecule has 0 atom stereocenters. The molecule has 1 aromatic heterocycles. The molecule has 0 aliphatic carbocycles. The molecule has 0 bridgehead atoms. The fourth-order valence-electron chi connectivity index (χ4n) is 2.23. The number of amides is 2. The fraction of sp³-hybridized carbons (Fsp3) is 0.200. The van der Waals surface area contributed by atoms with Gasteiger partial charge in [0.25, 0.3) is 0 Å². The Morgan fingerprint density at radius 1 is 1.33 bits per heavy atom. The average molecular weight is 283 g/mol. The number of anilines is 2. The number of rotatable bonds is 4. The van der Waals surface area contributed by atoms with Crippen LogP contribution in [-0.2, 0) is 6.54 Å². The standard InChI is InChI=1S/C15H17N5O/c21-15(19-13-10-17-18-11-13)16-9-12-4-3-5-14(8-12)20-6-1-2-7-20/h1-5,8,10-11H,6-7,9H2,(H,17,18)(H2,16,19,21). The van der Waals surface area contributed by atoms with Crippen LogP contribution in [0.25, 0.3) is 0 Å². The normalized spacial score (nSPS) is 13.4. The van der Waals surface area contributed by atoms with Crippen molar-refractivity contribution >= 4 is 17.4 Å². The number of carbonyl (C=O) groups is 1. The van der Waals surface area contributed by atoms with Crippen molar-refractivity contribution < 1.29 is 4.79 Å². The Kier molecular flexibility index (Phi) is 3.86. The molecule has 1 aliphatic rings. The van der Waals surface area contributed by atoms with E-state index in [0.29, 0.717) is 12.2 Å². The topological polar surface area (TPSA) is 73.1 Å². The molecule has 21 heavy (non-hydrogen) atoms. The first kappa shape index (κ1) is 13.2. The van der Waals surface area contributed by atoms with Crippen LogP contribution in [0.15, 0.2) is 48.8 Å². The van der Waals surface area contributed by atoms with E-state index in [2.05, 4.69) is 50.0 Å². The number of benzene rings is 1. The lowest BCUT2D eigenvalue weighted by Crippen LogP contribution is -2.28. The Morgan fingerprint density at radius 2 is 2.19 bits per heavy atom. The summed E-state index contributed by atoms with van der Waals surface area (Å²) in [6, 6.07) is 7.96. The molecule has 0 spiro atoms. The number of nitrogens with zero attached hydrogens (tertiary/aromatic N) is 2. The summed E-state index contributed by atoms with van der Waals surface area (Å²) in [5.41, 5.74) is 2.89. The van der Waals surface area contributed by atoms with Gasteiger partial charge in [-0.3, -0.25) is 5.10 Å². The summed E-state index contributed by atoms with van der Waals surface area (Å²) in [7, 11) is 0. The van der Waals surface area contributed by atoms with Gasteiger partial charge in [-0.1, -0.05) is 24.3 Å². The van der Waals surface area contributed by atoms with Crippen molar-refractivity contribution in [3.8, 4) is 0 Å². The zero-order valence-electron chi connectivity index (χ0n) is 11.5. The van der Waals surface area contributed by atoms with E-state index in [1.54, 1.807) is 12.4 Å². The van der Waals surface area contributed by atoms with Gasteiger partial charge in [0.05, 0.1) is 11.9 Å². The number of hydrogen-bond donors (Lipinski definition) is 3. The number of hydrogen-bond acceptors (Lipinski definition) is 3. The van der Waals surface area contributed by atoms with Crippen LogP contribution in [0.5, 0.6) is 0 Å². The van der Waals surface area contributed by atoms with Crippen LogP contribution >= 0.6 is 0 Å². The molecule has 0 fully saturated rings. The van der Waals surface area contributed by atoms with Gasteiger partial charge in [-0.25, -0.2) is 4.79 Å². The summed E-state index contributed by atoms with van der Waals surface area (Å²) in [4.78, 5) is 14.0. The maximum Gasteiger partial charge on any atom is 0.319 e. The monoisotopic (exact) mass is 283 g/mol. The number of urea groups is 1. The lowest BCUT2D eigenvalue weighted by molar-refractivity contribution is 0.251. The molecule has 0 radical (unpaired) electrons. The third-order valence-electron chi connectivity index (χ3n) is 3.30. The smallest absolute Gasteiger partial charge is 0.319 e. The summed E-state index contributed by atoms with van der Waals surface area (Å²) < 4.78 is 0. The Bertz CT molecular complexity index is 627. The molecule has 3 rings (SSSR count). The molecule has 0 unspecified atom stereocenters. The lowest BCUT2D eigenvalue weighted by atomic mass is 10.2. The Balaban J connectivity index is 1.55. The van der Waals surface area contributed by atoms with Gasteiger partial charge in [-0.15, -0.1) is 0 Å². The van der Waals surface area contributed by atoms with Crippen LogP contribution in [0.2, 0.25) is 0 Å². The highest BCUT2D eigenvalue weighted by atomic mass is 16.2. The molecule has 0 saturated heterocycles. The first-order chi connectivity index (χ1) is 10.3. The maximum absolute atomic E-state index is 11.7. The summed E-state index contributed by atoms with van der Waals surface area (Å²) in [5, 5.41) is 11.9. The van der Waals surface area contributed by atoms with E-state index in [1.165, 1.54) is 5.69 Å².